The van der Waals surface area contributed by atoms with Crippen LogP contribution in [-0.2, 0) is 0 Å². The van der Waals surface area contributed by atoms with Gasteiger partial charge in [-0.1, -0.05) is 64.8 Å². The molecule has 12 N–H and O–H groups in total. The first-order valence-electron chi connectivity index (χ1n) is 11.6. The first-order valence-corrected chi connectivity index (χ1v) is 19.1. The van der Waals surface area contributed by atoms with Crippen molar-refractivity contribution in [3.8, 4) is 0 Å². The molecule has 0 radical (unpaired) electrons. The second-order valence-electron chi connectivity index (χ2n) is 7.06. The van der Waals surface area contributed by atoms with E-state index < -0.39 is 0 Å². The third-order valence-corrected chi connectivity index (χ3v) is 11.5. The van der Waals surface area contributed by atoms with E-state index in [1.165, 1.54) is 0 Å². The first kappa shape index (κ1) is 33.6. The Kier molecular flexibility index (Phi) is 21.1. The molecule has 0 saturated carbocycles. The predicted octanol–water partition coefficient (Wildman–Crippen LogP) is -0.254. The van der Waals surface area contributed by atoms with E-state index in [4.69, 9.17) is 0 Å². The van der Waals surface area contributed by atoms with Crippen LogP contribution in [0.3, 0.4) is 0 Å². The third kappa shape index (κ3) is 15.8. The molecule has 15 heteroatoms. The van der Waals surface area contributed by atoms with Crippen molar-refractivity contribution in [2.24, 2.45) is 0 Å². The molecule has 0 unspecified atom stereocenters. The molecule has 36 heavy (non-hydrogen) atoms. The summed E-state index contributed by atoms with van der Waals surface area (Å²) in [6.45, 7) is 4.09. The van der Waals surface area contributed by atoms with Crippen LogP contribution in [0, 0.1) is 0 Å². The summed E-state index contributed by atoms with van der Waals surface area (Å²) in [5, 5.41) is 8.63. The van der Waals surface area contributed by atoms with E-state index in [1.807, 2.05) is 0 Å². The fourth-order valence-corrected chi connectivity index (χ4v) is 8.02. The summed E-state index contributed by atoms with van der Waals surface area (Å²) in [4.78, 5) is 38.3. The second kappa shape index (κ2) is 22.6. The minimum absolute atomic E-state index is 0.295. The normalized spacial score (nSPS) is 10.8. The van der Waals surface area contributed by atoms with Crippen LogP contribution in [0.5, 0.6) is 0 Å². The van der Waals surface area contributed by atoms with Gasteiger partial charge < -0.3 is 33.2 Å². The number of amides is 3. The highest BCUT2D eigenvalue weighted by molar-refractivity contribution is 8.77. The third-order valence-electron chi connectivity index (χ3n) is 4.07. The summed E-state index contributed by atoms with van der Waals surface area (Å²) in [7, 11) is 10.2. The zero-order chi connectivity index (χ0) is 26.4. The van der Waals surface area contributed by atoms with E-state index in [2.05, 4.69) is 33.2 Å². The highest BCUT2D eigenvalue weighted by atomic mass is 33.1. The molecule has 1 aromatic carbocycles. The van der Waals surface area contributed by atoms with Gasteiger partial charge in [-0.05, 0) is 18.2 Å². The number of quaternary nitrogens is 3. The van der Waals surface area contributed by atoms with Crippen LogP contribution in [0.2, 0.25) is 0 Å². The van der Waals surface area contributed by atoms with Gasteiger partial charge in [0.15, 0.2) is 0 Å². The largest absolute Gasteiger partial charge is 0.357 e. The lowest BCUT2D eigenvalue weighted by atomic mass is 10.0. The second-order valence-corrected chi connectivity index (χ2v) is 15.2. The van der Waals surface area contributed by atoms with Crippen LogP contribution in [-0.4, -0.2) is 91.5 Å². The Bertz CT molecular complexity index is 680. The van der Waals surface area contributed by atoms with Gasteiger partial charge in [0.25, 0.3) is 17.7 Å². The number of rotatable bonds is 21. The van der Waals surface area contributed by atoms with Gasteiger partial charge in [0.05, 0.1) is 36.9 Å². The lowest BCUT2D eigenvalue weighted by Gasteiger charge is -2.11. The summed E-state index contributed by atoms with van der Waals surface area (Å²) >= 11 is 0. The molecule has 0 fully saturated rings. The van der Waals surface area contributed by atoms with Gasteiger partial charge in [-0.2, -0.15) is 0 Å². The summed E-state index contributed by atoms with van der Waals surface area (Å²) in [5.41, 5.74) is 12.3. The van der Waals surface area contributed by atoms with Crippen LogP contribution in [0.15, 0.2) is 18.2 Å². The minimum Gasteiger partial charge on any atom is -0.357 e. The molecule has 3 amide bonds. The van der Waals surface area contributed by atoms with Gasteiger partial charge >= 0.3 is 0 Å². The highest BCUT2D eigenvalue weighted by Gasteiger charge is 2.16. The van der Waals surface area contributed by atoms with Crippen LogP contribution >= 0.6 is 64.8 Å². The Morgan fingerprint density at radius 3 is 1.00 bits per heavy atom. The molecule has 0 spiro atoms. The van der Waals surface area contributed by atoms with Crippen molar-refractivity contribution in [2.45, 2.75) is 0 Å². The van der Waals surface area contributed by atoms with Crippen LogP contribution in [0.25, 0.3) is 0 Å². The molecule has 0 saturated heterocycles. The average Bonchev–Trinajstić information content (AvgIpc) is 2.89. The lowest BCUT2D eigenvalue weighted by molar-refractivity contribution is -0.360. The number of nitrogens with one attached hydrogen (secondary N) is 3. The molecule has 0 aliphatic carbocycles. The molecule has 1 aromatic rings. The van der Waals surface area contributed by atoms with Gasteiger partial charge in [0, 0.05) is 53.6 Å². The van der Waals surface area contributed by atoms with Crippen LogP contribution in [0.4, 0.5) is 0 Å². The summed E-state index contributed by atoms with van der Waals surface area (Å²) in [6.07, 6.45) is 0. The Morgan fingerprint density at radius 2 is 0.750 bits per heavy atom. The molecule has 204 valence electrons. The van der Waals surface area contributed by atoms with E-state index in [0.29, 0.717) is 36.3 Å². The Hall–Kier alpha value is -0.390. The Morgan fingerprint density at radius 1 is 0.500 bits per heavy atom. The maximum absolute atomic E-state index is 12.8. The molecule has 9 nitrogen and oxygen atoms in total. The van der Waals surface area contributed by atoms with Crippen molar-refractivity contribution in [3.63, 3.8) is 0 Å². The van der Waals surface area contributed by atoms with Crippen LogP contribution in [0.1, 0.15) is 31.1 Å². The quantitative estimate of drug-likeness (QED) is 0.0806. The fraction of sp³-hybridized carbons (Fsp3) is 0.571. The molecule has 0 aromatic heterocycles. The minimum atomic E-state index is -0.304. The van der Waals surface area contributed by atoms with Crippen molar-refractivity contribution >= 4 is 82.5 Å². The Balaban J connectivity index is 2.78. The van der Waals surface area contributed by atoms with Gasteiger partial charge in [0.2, 0.25) is 0 Å². The van der Waals surface area contributed by atoms with E-state index >= 15 is 0 Å². The average molecular weight is 616 g/mol. The molecular weight excluding hydrogens is 577 g/mol. The van der Waals surface area contributed by atoms with Gasteiger partial charge in [0.1, 0.15) is 0 Å². The molecule has 0 atom stereocenters. The number of carbonyl (C=O) groups excluding carboxylic acids is 3. The van der Waals surface area contributed by atoms with E-state index in [-0.39, 0.29) is 17.7 Å². The summed E-state index contributed by atoms with van der Waals surface area (Å²) < 4.78 is 0. The van der Waals surface area contributed by atoms with Gasteiger partial charge in [-0.3, -0.25) is 14.4 Å². The number of hydrogen-bond donors (Lipinski definition) is 6. The number of carbonyl (C=O) groups is 3. The number of hydrogen-bond acceptors (Lipinski definition) is 9. The molecule has 0 aliphatic heterocycles. The smallest absolute Gasteiger partial charge is 0.251 e. The zero-order valence-electron chi connectivity index (χ0n) is 20.5. The topological polar surface area (TPSA) is 170 Å². The molecular formula is C21H39N6O3S6+3. The van der Waals surface area contributed by atoms with Gasteiger partial charge in [-0.25, -0.2) is 0 Å². The maximum Gasteiger partial charge on any atom is 0.251 e. The van der Waals surface area contributed by atoms with Crippen molar-refractivity contribution in [2.75, 3.05) is 73.8 Å². The predicted molar refractivity (Wildman–Crippen MR) is 161 cm³/mol. The van der Waals surface area contributed by atoms with E-state index in [0.717, 1.165) is 54.2 Å². The van der Waals surface area contributed by atoms with Gasteiger partial charge in [-0.15, -0.1) is 0 Å². The van der Waals surface area contributed by atoms with Crippen molar-refractivity contribution < 1.29 is 31.6 Å². The van der Waals surface area contributed by atoms with Crippen molar-refractivity contribution in [1.29, 1.82) is 0 Å². The fourth-order valence-electron chi connectivity index (χ4n) is 2.48. The first-order chi connectivity index (χ1) is 17.5. The zero-order valence-corrected chi connectivity index (χ0v) is 25.4. The maximum atomic E-state index is 12.8. The summed E-state index contributed by atoms with van der Waals surface area (Å²) in [6, 6.07) is 4.63. The SMILES string of the molecule is [NH3+]CCSSCCNC(=O)c1cc(C(=O)NCCSSCC[NH3+])cc(C(=O)NCCSSCC[NH3+])c1. The molecule has 0 aliphatic rings. The molecule has 1 rings (SSSR count). The van der Waals surface area contributed by atoms with Crippen LogP contribution < -0.4 is 33.2 Å². The highest BCUT2D eigenvalue weighted by Crippen LogP contribution is 2.20. The lowest BCUT2D eigenvalue weighted by Crippen LogP contribution is -2.51. The molecule has 0 bridgehead atoms. The summed E-state index contributed by atoms with van der Waals surface area (Å²) in [5.74, 6) is 4.27. The van der Waals surface area contributed by atoms with E-state index in [9.17, 15) is 14.4 Å². The van der Waals surface area contributed by atoms with E-state index in [1.54, 1.807) is 83.0 Å². The monoisotopic (exact) mass is 615 g/mol. The Labute approximate surface area is 237 Å². The van der Waals surface area contributed by atoms with Crippen molar-refractivity contribution in [1.82, 2.24) is 16.0 Å². The number of benzene rings is 1. The molecule has 0 heterocycles. The standard InChI is InChI=1S/C21H36N6O3S6/c22-1-7-31-34-10-4-25-19(28)16-13-17(20(29)26-5-11-35-32-8-2-23)15-18(14-16)21(30)27-6-12-36-33-9-3-24/h13-15H,1-12,22-24H2,(H,25,28)(H,26,29)(H,27,30)/p+3. The van der Waals surface area contributed by atoms with Crippen molar-refractivity contribution in [3.05, 3.63) is 34.9 Å².